The Morgan fingerprint density at radius 3 is 2.52 bits per heavy atom. The molecule has 2 N–H and O–H groups in total. The number of nitrogens with two attached hydrogens (primary N) is 1. The number of ether oxygens (including phenoxy) is 1. The number of benzene rings is 1. The van der Waals surface area contributed by atoms with E-state index >= 15 is 0 Å². The summed E-state index contributed by atoms with van der Waals surface area (Å²) in [6.45, 7) is 1.58. The van der Waals surface area contributed by atoms with Crippen LogP contribution in [0.2, 0.25) is 5.02 Å². The van der Waals surface area contributed by atoms with Crippen LogP contribution in [-0.2, 0) is 0 Å². The lowest BCUT2D eigenvalue weighted by atomic mass is 10.1. The van der Waals surface area contributed by atoms with Crippen LogP contribution in [0.15, 0.2) is 48.9 Å². The predicted octanol–water partition coefficient (Wildman–Crippen LogP) is 4.80. The first-order chi connectivity index (χ1) is 12.0. The molecule has 1 atom stereocenters. The van der Waals surface area contributed by atoms with Gasteiger partial charge in [0.25, 0.3) is 0 Å². The van der Waals surface area contributed by atoms with Crippen molar-refractivity contribution in [1.82, 2.24) is 9.97 Å². The van der Waals surface area contributed by atoms with Gasteiger partial charge in [0.2, 0.25) is 0 Å². The molecule has 0 aliphatic carbocycles. The summed E-state index contributed by atoms with van der Waals surface area (Å²) in [4.78, 5) is 8.13. The van der Waals surface area contributed by atoms with Crippen LogP contribution in [0.3, 0.4) is 0 Å². The van der Waals surface area contributed by atoms with Crippen molar-refractivity contribution in [2.75, 3.05) is 5.73 Å². The van der Waals surface area contributed by atoms with Gasteiger partial charge < -0.3 is 10.5 Å². The van der Waals surface area contributed by atoms with Crippen molar-refractivity contribution < 1.29 is 13.5 Å². The van der Waals surface area contributed by atoms with Crippen LogP contribution in [-0.4, -0.2) is 9.97 Å². The van der Waals surface area contributed by atoms with E-state index in [0.717, 1.165) is 23.3 Å². The Hall–Kier alpha value is -2.73. The van der Waals surface area contributed by atoms with Crippen LogP contribution in [0.4, 0.5) is 14.6 Å². The maximum absolute atomic E-state index is 14.0. The fraction of sp³-hybridized carbons (Fsp3) is 0.111. The minimum atomic E-state index is -0.801. The molecule has 0 aliphatic heterocycles. The number of nitrogens with zero attached hydrogens (tertiary/aromatic N) is 2. The maximum Gasteiger partial charge on any atom is 0.142 e. The Kier molecular flexibility index (Phi) is 4.81. The van der Waals surface area contributed by atoms with E-state index in [9.17, 15) is 8.78 Å². The van der Waals surface area contributed by atoms with E-state index in [1.807, 2.05) is 0 Å². The van der Waals surface area contributed by atoms with Gasteiger partial charge in [-0.25, -0.2) is 13.8 Å². The summed E-state index contributed by atoms with van der Waals surface area (Å²) >= 11 is 5.87. The fourth-order valence-electron chi connectivity index (χ4n) is 2.40. The summed E-state index contributed by atoms with van der Waals surface area (Å²) in [5.74, 6) is -0.533. The quantitative estimate of drug-likeness (QED) is 0.678. The molecule has 2 heterocycles. The molecular formula is C18H14ClF2N3O. The van der Waals surface area contributed by atoms with Crippen LogP contribution < -0.4 is 10.5 Å². The lowest BCUT2D eigenvalue weighted by Gasteiger charge is -2.17. The van der Waals surface area contributed by atoms with E-state index in [-0.39, 0.29) is 10.6 Å². The Balaban J connectivity index is 1.88. The topological polar surface area (TPSA) is 61.0 Å². The van der Waals surface area contributed by atoms with E-state index in [1.54, 1.807) is 37.5 Å². The van der Waals surface area contributed by atoms with Crippen LogP contribution in [0, 0.1) is 11.6 Å². The van der Waals surface area contributed by atoms with Crippen molar-refractivity contribution in [3.8, 4) is 16.9 Å². The summed E-state index contributed by atoms with van der Waals surface area (Å²) in [6, 6.07) is 7.19. The summed E-state index contributed by atoms with van der Waals surface area (Å²) in [7, 11) is 0. The Morgan fingerprint density at radius 1 is 1.04 bits per heavy atom. The van der Waals surface area contributed by atoms with Gasteiger partial charge in [-0.05, 0) is 37.3 Å². The number of aromatic nitrogens is 2. The van der Waals surface area contributed by atoms with Crippen molar-refractivity contribution in [2.24, 2.45) is 0 Å². The first-order valence-electron chi connectivity index (χ1n) is 7.42. The fourth-order valence-corrected chi connectivity index (χ4v) is 2.70. The van der Waals surface area contributed by atoms with Crippen molar-refractivity contribution in [1.29, 1.82) is 0 Å². The SMILES string of the molecule is CC(Oc1cncc(-c2ccc(N)nc2)c1)c1c(F)ccc(F)c1Cl. The van der Waals surface area contributed by atoms with Gasteiger partial charge in [-0.2, -0.15) is 0 Å². The molecule has 128 valence electrons. The van der Waals surface area contributed by atoms with Gasteiger partial charge in [0, 0.05) is 29.1 Å². The molecule has 0 spiro atoms. The Bertz CT molecular complexity index is 903. The van der Waals surface area contributed by atoms with E-state index < -0.39 is 17.7 Å². The summed E-state index contributed by atoms with van der Waals surface area (Å²) < 4.78 is 33.3. The molecule has 3 aromatic rings. The highest BCUT2D eigenvalue weighted by Gasteiger charge is 2.20. The van der Waals surface area contributed by atoms with E-state index in [4.69, 9.17) is 22.1 Å². The van der Waals surface area contributed by atoms with Crippen LogP contribution >= 0.6 is 11.6 Å². The van der Waals surface area contributed by atoms with Crippen LogP contribution in [0.1, 0.15) is 18.6 Å². The molecule has 1 unspecified atom stereocenters. The molecule has 7 heteroatoms. The third-order valence-electron chi connectivity index (χ3n) is 3.63. The Labute approximate surface area is 148 Å². The van der Waals surface area contributed by atoms with Gasteiger partial charge >= 0.3 is 0 Å². The second kappa shape index (κ2) is 7.03. The number of anilines is 1. The molecular weight excluding hydrogens is 348 g/mol. The number of hydrogen-bond donors (Lipinski definition) is 1. The Morgan fingerprint density at radius 2 is 1.80 bits per heavy atom. The second-order valence-electron chi connectivity index (χ2n) is 5.40. The third-order valence-corrected chi connectivity index (χ3v) is 4.02. The number of hydrogen-bond acceptors (Lipinski definition) is 4. The molecule has 0 saturated carbocycles. The minimum Gasteiger partial charge on any atom is -0.484 e. The lowest BCUT2D eigenvalue weighted by molar-refractivity contribution is 0.220. The zero-order valence-corrected chi connectivity index (χ0v) is 14.0. The third kappa shape index (κ3) is 3.69. The van der Waals surface area contributed by atoms with Crippen molar-refractivity contribution in [3.05, 3.63) is 71.1 Å². The molecule has 4 nitrogen and oxygen atoms in total. The van der Waals surface area contributed by atoms with Gasteiger partial charge in [0.1, 0.15) is 29.3 Å². The van der Waals surface area contributed by atoms with Crippen molar-refractivity contribution in [3.63, 3.8) is 0 Å². The highest BCUT2D eigenvalue weighted by atomic mass is 35.5. The standard InChI is InChI=1S/C18H14ClF2N3O/c1-10(17-14(20)3-4-15(21)18(17)19)25-13-6-12(7-23-9-13)11-2-5-16(22)24-8-11/h2-10H,1H3,(H2,22,24). The molecule has 0 amide bonds. The van der Waals surface area contributed by atoms with Crippen LogP contribution in [0.25, 0.3) is 11.1 Å². The molecule has 0 saturated heterocycles. The average Bonchev–Trinajstić information content (AvgIpc) is 2.59. The average molecular weight is 362 g/mol. The largest absolute Gasteiger partial charge is 0.484 e. The normalized spacial score (nSPS) is 12.0. The summed E-state index contributed by atoms with van der Waals surface area (Å²) in [5.41, 5.74) is 7.09. The predicted molar refractivity (Wildman–Crippen MR) is 92.3 cm³/mol. The number of rotatable bonds is 4. The number of nitrogen functional groups attached to an aromatic ring is 1. The highest BCUT2D eigenvalue weighted by Crippen LogP contribution is 2.32. The molecule has 1 aromatic carbocycles. The van der Waals surface area contributed by atoms with E-state index in [2.05, 4.69) is 9.97 Å². The van der Waals surface area contributed by atoms with E-state index in [0.29, 0.717) is 11.6 Å². The zero-order chi connectivity index (χ0) is 18.0. The molecule has 0 bridgehead atoms. The monoisotopic (exact) mass is 361 g/mol. The first kappa shape index (κ1) is 17.1. The van der Waals surface area contributed by atoms with Crippen LogP contribution in [0.5, 0.6) is 5.75 Å². The molecule has 0 fully saturated rings. The van der Waals surface area contributed by atoms with Gasteiger partial charge in [0.05, 0.1) is 11.2 Å². The molecule has 0 radical (unpaired) electrons. The molecule has 25 heavy (non-hydrogen) atoms. The van der Waals surface area contributed by atoms with Gasteiger partial charge in [-0.1, -0.05) is 11.6 Å². The smallest absolute Gasteiger partial charge is 0.142 e. The van der Waals surface area contributed by atoms with Gasteiger partial charge in [-0.15, -0.1) is 0 Å². The van der Waals surface area contributed by atoms with Gasteiger partial charge in [0.15, 0.2) is 0 Å². The summed E-state index contributed by atoms with van der Waals surface area (Å²) in [5, 5.41) is -0.292. The molecule has 3 rings (SSSR count). The van der Waals surface area contributed by atoms with Gasteiger partial charge in [-0.3, -0.25) is 4.98 Å². The second-order valence-corrected chi connectivity index (χ2v) is 5.78. The van der Waals surface area contributed by atoms with Crippen molar-refractivity contribution >= 4 is 17.4 Å². The first-order valence-corrected chi connectivity index (χ1v) is 7.80. The highest BCUT2D eigenvalue weighted by molar-refractivity contribution is 6.31. The number of pyridine rings is 2. The molecule has 2 aromatic heterocycles. The lowest BCUT2D eigenvalue weighted by Crippen LogP contribution is -2.07. The van der Waals surface area contributed by atoms with Crippen molar-refractivity contribution in [2.45, 2.75) is 13.0 Å². The molecule has 0 aliphatic rings. The maximum atomic E-state index is 14.0. The minimum absolute atomic E-state index is 0.0405. The number of halogens is 3. The summed E-state index contributed by atoms with van der Waals surface area (Å²) in [6.07, 6.45) is 3.93. The zero-order valence-electron chi connectivity index (χ0n) is 13.2. The van der Waals surface area contributed by atoms with E-state index in [1.165, 1.54) is 6.20 Å².